The van der Waals surface area contributed by atoms with Gasteiger partial charge in [0.05, 0.1) is 6.10 Å². The summed E-state index contributed by atoms with van der Waals surface area (Å²) in [6.07, 6.45) is 0.772. The van der Waals surface area contributed by atoms with Gasteiger partial charge in [0.15, 0.2) is 11.5 Å². The highest BCUT2D eigenvalue weighted by atomic mass is 16.7. The summed E-state index contributed by atoms with van der Waals surface area (Å²) in [7, 11) is 0. The molecule has 1 aromatic rings. The second kappa shape index (κ2) is 5.40. The molecule has 1 aliphatic rings. The summed E-state index contributed by atoms with van der Waals surface area (Å²) in [5.41, 5.74) is 0.702. The number of aliphatic hydroxyl groups is 1. The first-order chi connectivity index (χ1) is 8.63. The Morgan fingerprint density at radius 3 is 2.78 bits per heavy atom. The van der Waals surface area contributed by atoms with Crippen LogP contribution in [0.15, 0.2) is 18.2 Å². The number of hydrogen-bond donors (Lipinski definition) is 1. The van der Waals surface area contributed by atoms with Crippen LogP contribution in [0, 0.1) is 5.92 Å². The lowest BCUT2D eigenvalue weighted by Gasteiger charge is -2.20. The van der Waals surface area contributed by atoms with Gasteiger partial charge in [0.2, 0.25) is 6.79 Å². The van der Waals surface area contributed by atoms with Gasteiger partial charge < -0.3 is 14.6 Å². The second-order valence-electron chi connectivity index (χ2n) is 4.56. The minimum atomic E-state index is -0.781. The second-order valence-corrected chi connectivity index (χ2v) is 4.56. The summed E-state index contributed by atoms with van der Waals surface area (Å²) in [6.45, 7) is 3.73. The predicted molar refractivity (Wildman–Crippen MR) is 66.6 cm³/mol. The number of benzene rings is 1. The quantitative estimate of drug-likeness (QED) is 0.872. The molecule has 0 bridgehead atoms. The van der Waals surface area contributed by atoms with Gasteiger partial charge in [-0.05, 0) is 31.0 Å². The van der Waals surface area contributed by atoms with Crippen LogP contribution in [0.5, 0.6) is 11.5 Å². The van der Waals surface area contributed by atoms with Crippen LogP contribution in [0.1, 0.15) is 38.4 Å². The highest BCUT2D eigenvalue weighted by Gasteiger charge is 2.26. The van der Waals surface area contributed by atoms with Crippen LogP contribution in [0.25, 0.3) is 0 Å². The maximum absolute atomic E-state index is 11.6. The summed E-state index contributed by atoms with van der Waals surface area (Å²) in [5.74, 6) is 0.976. The molecule has 2 atom stereocenters. The van der Waals surface area contributed by atoms with E-state index in [1.165, 1.54) is 6.92 Å². The molecule has 18 heavy (non-hydrogen) atoms. The van der Waals surface area contributed by atoms with Crippen LogP contribution in [0.3, 0.4) is 0 Å². The Morgan fingerprint density at radius 1 is 1.39 bits per heavy atom. The van der Waals surface area contributed by atoms with Crippen molar-refractivity contribution in [2.75, 3.05) is 6.79 Å². The number of ether oxygens (including phenoxy) is 2. The molecular weight excluding hydrogens is 232 g/mol. The summed E-state index contributed by atoms with van der Waals surface area (Å²) in [4.78, 5) is 11.6. The standard InChI is InChI=1S/C14H18O4/c1-3-4-11(9(2)15)14(16)10-5-6-12-13(7-10)18-8-17-12/h5-7,11,14,16H,3-4,8H2,1-2H3/t11-,14-/m1/s1. The van der Waals surface area contributed by atoms with Gasteiger partial charge in [0.1, 0.15) is 5.78 Å². The molecule has 4 heteroatoms. The maximum atomic E-state index is 11.6. The van der Waals surface area contributed by atoms with E-state index in [-0.39, 0.29) is 18.5 Å². The minimum absolute atomic E-state index is 0.0158. The zero-order valence-electron chi connectivity index (χ0n) is 10.7. The number of hydrogen-bond acceptors (Lipinski definition) is 4. The Balaban J connectivity index is 2.21. The van der Waals surface area contributed by atoms with Gasteiger partial charge in [-0.25, -0.2) is 0 Å². The molecular formula is C14H18O4. The first kappa shape index (κ1) is 12.9. The Hall–Kier alpha value is -1.55. The fraction of sp³-hybridized carbons (Fsp3) is 0.500. The molecule has 2 rings (SSSR count). The predicted octanol–water partition coefficient (Wildman–Crippen LogP) is 2.45. The van der Waals surface area contributed by atoms with Gasteiger partial charge >= 0.3 is 0 Å². The summed E-state index contributed by atoms with van der Waals surface area (Å²) >= 11 is 0. The van der Waals surface area contributed by atoms with E-state index < -0.39 is 6.10 Å². The molecule has 0 aliphatic carbocycles. The Bertz CT molecular complexity index is 441. The highest BCUT2D eigenvalue weighted by Crippen LogP contribution is 2.36. The third-order valence-corrected chi connectivity index (χ3v) is 3.24. The van der Waals surface area contributed by atoms with Crippen molar-refractivity contribution in [3.8, 4) is 11.5 Å². The van der Waals surface area contributed by atoms with Crippen LogP contribution < -0.4 is 9.47 Å². The lowest BCUT2D eigenvalue weighted by Crippen LogP contribution is -2.20. The van der Waals surface area contributed by atoms with Gasteiger partial charge in [-0.15, -0.1) is 0 Å². The molecule has 98 valence electrons. The van der Waals surface area contributed by atoms with Crippen molar-refractivity contribution in [1.29, 1.82) is 0 Å². The van der Waals surface area contributed by atoms with Crippen LogP contribution in [-0.4, -0.2) is 17.7 Å². The SMILES string of the molecule is CCC[C@H](C(C)=O)[C@H](O)c1ccc2c(c1)OCO2. The Labute approximate surface area is 107 Å². The van der Waals surface area contributed by atoms with E-state index in [1.54, 1.807) is 18.2 Å². The van der Waals surface area contributed by atoms with E-state index in [0.717, 1.165) is 6.42 Å². The van der Waals surface area contributed by atoms with E-state index in [1.807, 2.05) is 6.92 Å². The molecule has 0 fully saturated rings. The number of aliphatic hydroxyl groups excluding tert-OH is 1. The molecule has 4 nitrogen and oxygen atoms in total. The Morgan fingerprint density at radius 2 is 2.11 bits per heavy atom. The number of ketones is 1. The van der Waals surface area contributed by atoms with Crippen LogP contribution in [-0.2, 0) is 4.79 Å². The number of rotatable bonds is 5. The number of Topliss-reactive ketones (excluding diaryl/α,β-unsaturated/α-hetero) is 1. The van der Waals surface area contributed by atoms with E-state index in [4.69, 9.17) is 9.47 Å². The van der Waals surface area contributed by atoms with E-state index >= 15 is 0 Å². The summed E-state index contributed by atoms with van der Waals surface area (Å²) < 4.78 is 10.5. The molecule has 1 N–H and O–H groups in total. The van der Waals surface area contributed by atoms with Crippen LogP contribution >= 0.6 is 0 Å². The average Bonchev–Trinajstić information content (AvgIpc) is 2.81. The van der Waals surface area contributed by atoms with Gasteiger partial charge in [-0.2, -0.15) is 0 Å². The normalized spacial score (nSPS) is 16.4. The molecule has 0 aromatic heterocycles. The molecule has 0 radical (unpaired) electrons. The molecule has 0 saturated heterocycles. The highest BCUT2D eigenvalue weighted by molar-refractivity contribution is 5.79. The molecule has 1 aliphatic heterocycles. The number of carbonyl (C=O) groups is 1. The van der Waals surface area contributed by atoms with Crippen molar-refractivity contribution in [2.45, 2.75) is 32.8 Å². The third kappa shape index (κ3) is 2.48. The van der Waals surface area contributed by atoms with Gasteiger partial charge in [0, 0.05) is 5.92 Å². The zero-order chi connectivity index (χ0) is 13.1. The van der Waals surface area contributed by atoms with Crippen molar-refractivity contribution in [1.82, 2.24) is 0 Å². The monoisotopic (exact) mass is 250 g/mol. The molecule has 0 unspecified atom stereocenters. The van der Waals surface area contributed by atoms with E-state index in [9.17, 15) is 9.90 Å². The van der Waals surface area contributed by atoms with Crippen molar-refractivity contribution in [3.05, 3.63) is 23.8 Å². The average molecular weight is 250 g/mol. The van der Waals surface area contributed by atoms with E-state index in [2.05, 4.69) is 0 Å². The smallest absolute Gasteiger partial charge is 0.231 e. The zero-order valence-corrected chi connectivity index (χ0v) is 10.7. The Kier molecular flexibility index (Phi) is 3.87. The molecule has 1 heterocycles. The lowest BCUT2D eigenvalue weighted by atomic mass is 9.89. The van der Waals surface area contributed by atoms with Gasteiger partial charge in [-0.3, -0.25) is 4.79 Å². The summed E-state index contributed by atoms with van der Waals surface area (Å²) in [5, 5.41) is 10.3. The fourth-order valence-corrected chi connectivity index (χ4v) is 2.22. The number of carbonyl (C=O) groups excluding carboxylic acids is 1. The molecule has 1 aromatic carbocycles. The van der Waals surface area contributed by atoms with Gasteiger partial charge in [0.25, 0.3) is 0 Å². The van der Waals surface area contributed by atoms with Crippen molar-refractivity contribution < 1.29 is 19.4 Å². The lowest BCUT2D eigenvalue weighted by molar-refractivity contribution is -0.124. The third-order valence-electron chi connectivity index (χ3n) is 3.24. The van der Waals surface area contributed by atoms with E-state index in [0.29, 0.717) is 23.5 Å². The molecule has 0 amide bonds. The number of fused-ring (bicyclic) bond motifs is 1. The minimum Gasteiger partial charge on any atom is -0.454 e. The largest absolute Gasteiger partial charge is 0.454 e. The van der Waals surface area contributed by atoms with Gasteiger partial charge in [-0.1, -0.05) is 19.4 Å². The van der Waals surface area contributed by atoms with Crippen LogP contribution in [0.4, 0.5) is 0 Å². The fourth-order valence-electron chi connectivity index (χ4n) is 2.22. The summed E-state index contributed by atoms with van der Waals surface area (Å²) in [6, 6.07) is 5.30. The van der Waals surface area contributed by atoms with Crippen molar-refractivity contribution in [3.63, 3.8) is 0 Å². The molecule has 0 saturated carbocycles. The van der Waals surface area contributed by atoms with Crippen LogP contribution in [0.2, 0.25) is 0 Å². The topological polar surface area (TPSA) is 55.8 Å². The first-order valence-electron chi connectivity index (χ1n) is 6.21. The first-order valence-corrected chi connectivity index (χ1v) is 6.21. The molecule has 0 spiro atoms. The van der Waals surface area contributed by atoms with Crippen molar-refractivity contribution >= 4 is 5.78 Å². The van der Waals surface area contributed by atoms with Crippen molar-refractivity contribution in [2.24, 2.45) is 5.92 Å². The maximum Gasteiger partial charge on any atom is 0.231 e.